The van der Waals surface area contributed by atoms with E-state index in [4.69, 9.17) is 0 Å². The van der Waals surface area contributed by atoms with Crippen molar-refractivity contribution in [2.75, 3.05) is 14.1 Å². The van der Waals surface area contributed by atoms with Crippen LogP contribution in [0.15, 0.2) is 53.4 Å². The molecule has 0 bridgehead atoms. The summed E-state index contributed by atoms with van der Waals surface area (Å²) >= 11 is 0. The maximum Gasteiger partial charge on any atom is 0.337 e. The van der Waals surface area contributed by atoms with E-state index in [1.807, 2.05) is 0 Å². The molecule has 0 amide bonds. The molecular weight excluding hydrogens is 366 g/mol. The predicted molar refractivity (Wildman–Crippen MR) is 102 cm³/mol. The van der Waals surface area contributed by atoms with Crippen molar-refractivity contribution >= 4 is 48.8 Å². The van der Waals surface area contributed by atoms with Crippen molar-refractivity contribution in [3.8, 4) is 0 Å². The minimum atomic E-state index is -3.65. The summed E-state index contributed by atoms with van der Waals surface area (Å²) in [4.78, 5) is 20.7. The average Bonchev–Trinajstić information content (AvgIpc) is 2.64. The number of hydrogen-bond donors (Lipinski definition) is 1. The van der Waals surface area contributed by atoms with E-state index >= 15 is 0 Å². The molecule has 0 fully saturated rings. The van der Waals surface area contributed by atoms with E-state index in [1.165, 1.54) is 20.2 Å². The van der Waals surface area contributed by atoms with Gasteiger partial charge in [-0.25, -0.2) is 27.5 Å². The van der Waals surface area contributed by atoms with Gasteiger partial charge in [0, 0.05) is 24.9 Å². The lowest BCUT2D eigenvalue weighted by atomic mass is 10.1. The van der Waals surface area contributed by atoms with Crippen molar-refractivity contribution in [1.29, 1.82) is 0 Å². The van der Waals surface area contributed by atoms with Crippen molar-refractivity contribution in [2.45, 2.75) is 4.90 Å². The SMILES string of the molecule is CN(C)S(=O)(=O)c1cccc2c1ccc1nc3cccc(C(=O)O)c3nc12. The number of para-hydroxylation sites is 1. The number of carboxylic acid groups (broad SMARTS) is 1. The van der Waals surface area contributed by atoms with Crippen LogP contribution in [0, 0.1) is 0 Å². The number of carbonyl (C=O) groups is 1. The summed E-state index contributed by atoms with van der Waals surface area (Å²) < 4.78 is 26.5. The molecule has 0 atom stereocenters. The van der Waals surface area contributed by atoms with Gasteiger partial charge in [-0.3, -0.25) is 0 Å². The van der Waals surface area contributed by atoms with Crippen LogP contribution in [0.5, 0.6) is 0 Å². The molecule has 0 aliphatic rings. The average molecular weight is 381 g/mol. The highest BCUT2D eigenvalue weighted by molar-refractivity contribution is 7.89. The number of aromatic carboxylic acids is 1. The van der Waals surface area contributed by atoms with Crippen LogP contribution in [-0.4, -0.2) is 47.9 Å². The minimum absolute atomic E-state index is 0.0518. The summed E-state index contributed by atoms with van der Waals surface area (Å²) in [5.41, 5.74) is 1.82. The second-order valence-electron chi connectivity index (χ2n) is 6.27. The number of carboxylic acids is 1. The first-order chi connectivity index (χ1) is 12.8. The van der Waals surface area contributed by atoms with Gasteiger partial charge in [0.15, 0.2) is 0 Å². The molecule has 0 aliphatic carbocycles. The Kier molecular flexibility index (Phi) is 3.83. The largest absolute Gasteiger partial charge is 0.478 e. The van der Waals surface area contributed by atoms with E-state index in [-0.39, 0.29) is 16.0 Å². The van der Waals surface area contributed by atoms with Crippen LogP contribution in [0.3, 0.4) is 0 Å². The summed E-state index contributed by atoms with van der Waals surface area (Å²) in [6.45, 7) is 0. The van der Waals surface area contributed by atoms with E-state index in [2.05, 4.69) is 9.97 Å². The lowest BCUT2D eigenvalue weighted by molar-refractivity contribution is 0.0699. The molecule has 3 aromatic carbocycles. The highest BCUT2D eigenvalue weighted by atomic mass is 32.2. The summed E-state index contributed by atoms with van der Waals surface area (Å²) in [7, 11) is -0.697. The highest BCUT2D eigenvalue weighted by Crippen LogP contribution is 2.30. The van der Waals surface area contributed by atoms with Gasteiger partial charge in [0.25, 0.3) is 0 Å². The summed E-state index contributed by atoms with van der Waals surface area (Å²) in [6.07, 6.45) is 0. The van der Waals surface area contributed by atoms with Gasteiger partial charge in [-0.2, -0.15) is 0 Å². The van der Waals surface area contributed by atoms with Gasteiger partial charge in [-0.15, -0.1) is 0 Å². The Morgan fingerprint density at radius 2 is 1.59 bits per heavy atom. The molecule has 1 N–H and O–H groups in total. The molecule has 0 aliphatic heterocycles. The van der Waals surface area contributed by atoms with Crippen LogP contribution in [0.2, 0.25) is 0 Å². The van der Waals surface area contributed by atoms with Gasteiger partial charge in [0.05, 0.1) is 27.0 Å². The topological polar surface area (TPSA) is 100 Å². The third kappa shape index (κ3) is 2.61. The van der Waals surface area contributed by atoms with Crippen molar-refractivity contribution in [3.05, 3.63) is 54.1 Å². The number of fused-ring (bicyclic) bond motifs is 4. The highest BCUT2D eigenvalue weighted by Gasteiger charge is 2.21. The van der Waals surface area contributed by atoms with Gasteiger partial charge in [-0.05, 0) is 24.3 Å². The molecule has 1 aromatic heterocycles. The van der Waals surface area contributed by atoms with Crippen molar-refractivity contribution in [1.82, 2.24) is 14.3 Å². The Hall–Kier alpha value is -3.10. The van der Waals surface area contributed by atoms with Crippen molar-refractivity contribution < 1.29 is 18.3 Å². The van der Waals surface area contributed by atoms with E-state index < -0.39 is 16.0 Å². The summed E-state index contributed by atoms with van der Waals surface area (Å²) in [6, 6.07) is 13.1. The predicted octanol–water partition coefficient (Wildman–Crippen LogP) is 2.88. The number of aromatic nitrogens is 2. The first-order valence-electron chi connectivity index (χ1n) is 8.09. The van der Waals surface area contributed by atoms with E-state index in [9.17, 15) is 18.3 Å². The molecule has 8 heteroatoms. The van der Waals surface area contributed by atoms with E-state index in [1.54, 1.807) is 42.5 Å². The third-order valence-electron chi connectivity index (χ3n) is 4.44. The van der Waals surface area contributed by atoms with Crippen LogP contribution in [0.25, 0.3) is 32.8 Å². The van der Waals surface area contributed by atoms with Gasteiger partial charge >= 0.3 is 5.97 Å². The smallest absolute Gasteiger partial charge is 0.337 e. The molecule has 0 saturated carbocycles. The lowest BCUT2D eigenvalue weighted by Crippen LogP contribution is -2.22. The summed E-state index contributed by atoms with van der Waals surface area (Å²) in [5.74, 6) is -1.09. The fraction of sp³-hybridized carbons (Fsp3) is 0.105. The molecule has 136 valence electrons. The number of hydrogen-bond acceptors (Lipinski definition) is 5. The van der Waals surface area contributed by atoms with Crippen LogP contribution >= 0.6 is 0 Å². The van der Waals surface area contributed by atoms with Gasteiger partial charge in [0.2, 0.25) is 10.0 Å². The second kappa shape index (κ2) is 5.97. The minimum Gasteiger partial charge on any atom is -0.478 e. The lowest BCUT2D eigenvalue weighted by Gasteiger charge is -2.14. The number of rotatable bonds is 3. The standard InChI is InChI=1S/C19H15N3O4S/c1-22(2)27(25,26)16-8-4-5-12-11(16)9-10-15-17(12)21-18-13(19(23)24)6-3-7-14(18)20-15/h3-10H,1-2H3,(H,23,24). The Bertz CT molecular complexity index is 1350. The first-order valence-corrected chi connectivity index (χ1v) is 9.53. The molecule has 4 rings (SSSR count). The third-order valence-corrected chi connectivity index (χ3v) is 6.31. The fourth-order valence-electron chi connectivity index (χ4n) is 3.08. The maximum absolute atomic E-state index is 12.6. The zero-order valence-corrected chi connectivity index (χ0v) is 15.4. The molecule has 0 saturated heterocycles. The van der Waals surface area contributed by atoms with Crippen LogP contribution in [0.1, 0.15) is 10.4 Å². The zero-order valence-electron chi connectivity index (χ0n) is 14.5. The Morgan fingerprint density at radius 3 is 2.30 bits per heavy atom. The van der Waals surface area contributed by atoms with Gasteiger partial charge in [-0.1, -0.05) is 24.3 Å². The normalized spacial score (nSPS) is 12.3. The van der Waals surface area contributed by atoms with Gasteiger partial charge < -0.3 is 5.11 Å². The molecular formula is C19H15N3O4S. The Balaban J connectivity index is 2.15. The van der Waals surface area contributed by atoms with E-state index in [0.717, 1.165) is 4.31 Å². The quantitative estimate of drug-likeness (QED) is 0.433. The van der Waals surface area contributed by atoms with Crippen molar-refractivity contribution in [3.63, 3.8) is 0 Å². The Morgan fingerprint density at radius 1 is 0.889 bits per heavy atom. The molecule has 0 unspecified atom stereocenters. The number of benzene rings is 3. The molecule has 1 heterocycles. The Labute approximate surface area is 154 Å². The molecule has 0 spiro atoms. The van der Waals surface area contributed by atoms with Crippen LogP contribution in [0.4, 0.5) is 0 Å². The number of sulfonamides is 1. The monoisotopic (exact) mass is 381 g/mol. The number of nitrogens with zero attached hydrogens (tertiary/aromatic N) is 3. The van der Waals surface area contributed by atoms with Crippen LogP contribution < -0.4 is 0 Å². The first kappa shape index (κ1) is 17.3. The summed E-state index contributed by atoms with van der Waals surface area (Å²) in [5, 5.41) is 10.5. The molecule has 7 nitrogen and oxygen atoms in total. The van der Waals surface area contributed by atoms with E-state index in [0.29, 0.717) is 27.3 Å². The van der Waals surface area contributed by atoms with Gasteiger partial charge in [0.1, 0.15) is 5.52 Å². The second-order valence-corrected chi connectivity index (χ2v) is 8.39. The molecule has 4 aromatic rings. The molecule has 0 radical (unpaired) electrons. The van der Waals surface area contributed by atoms with Crippen LogP contribution in [-0.2, 0) is 10.0 Å². The molecule has 27 heavy (non-hydrogen) atoms. The van der Waals surface area contributed by atoms with Crippen molar-refractivity contribution in [2.24, 2.45) is 0 Å². The fourth-order valence-corrected chi connectivity index (χ4v) is 4.18. The maximum atomic E-state index is 12.6. The zero-order chi connectivity index (χ0) is 19.3.